The van der Waals surface area contributed by atoms with Crippen LogP contribution in [-0.4, -0.2) is 97.1 Å². The van der Waals surface area contributed by atoms with Crippen LogP contribution in [0.5, 0.6) is 11.6 Å². The van der Waals surface area contributed by atoms with Crippen LogP contribution in [0.4, 0.5) is 16.4 Å². The van der Waals surface area contributed by atoms with Crippen molar-refractivity contribution in [3.63, 3.8) is 0 Å². The van der Waals surface area contributed by atoms with Gasteiger partial charge in [-0.05, 0) is 49.1 Å². The minimum absolute atomic E-state index is 0.0147. The zero-order valence-electron chi connectivity index (χ0n) is 30.8. The van der Waals surface area contributed by atoms with E-state index < -0.39 is 52.5 Å². The highest BCUT2D eigenvalue weighted by atomic mass is 16.5. The molecule has 15 nitrogen and oxygen atoms in total. The number of hydrogen-bond acceptors (Lipinski definition) is 13. The van der Waals surface area contributed by atoms with E-state index in [-0.39, 0.29) is 60.4 Å². The van der Waals surface area contributed by atoms with Crippen molar-refractivity contribution < 1.29 is 43.0 Å². The molecule has 15 heteroatoms. The van der Waals surface area contributed by atoms with Gasteiger partial charge in [0.15, 0.2) is 28.9 Å². The Bertz CT molecular complexity index is 2120. The number of ketones is 3. The minimum Gasteiger partial charge on any atom is -0.484 e. The number of anilines is 2. The lowest BCUT2D eigenvalue weighted by atomic mass is 9.51. The van der Waals surface area contributed by atoms with Crippen LogP contribution in [0.1, 0.15) is 55.6 Å². The fourth-order valence-corrected chi connectivity index (χ4v) is 8.33. The van der Waals surface area contributed by atoms with Crippen LogP contribution in [0.2, 0.25) is 0 Å². The van der Waals surface area contributed by atoms with Gasteiger partial charge in [0.2, 0.25) is 11.4 Å². The summed E-state index contributed by atoms with van der Waals surface area (Å²) in [5, 5.41) is 22.2. The first-order chi connectivity index (χ1) is 25.9. The number of carbonyl (C=O) groups is 4. The summed E-state index contributed by atoms with van der Waals surface area (Å²) in [7, 11) is 9.46. The fourth-order valence-electron chi connectivity index (χ4n) is 8.33. The number of nitrogens with one attached hydrogen (secondary N) is 2. The highest BCUT2D eigenvalue weighted by Crippen LogP contribution is 2.59. The van der Waals surface area contributed by atoms with Gasteiger partial charge in [-0.1, -0.05) is 60.7 Å². The number of Topliss-reactive ketones (excluding diaryl/α,β-unsaturated/α-hetero) is 3. The van der Waals surface area contributed by atoms with Crippen LogP contribution in [0.15, 0.2) is 65.2 Å². The lowest BCUT2D eigenvalue weighted by Crippen LogP contribution is -2.76. The molecule has 2 aromatic carbocycles. The van der Waals surface area contributed by atoms with Gasteiger partial charge in [-0.3, -0.25) is 24.6 Å². The molecule has 282 valence electrons. The van der Waals surface area contributed by atoms with E-state index in [9.17, 15) is 14.7 Å². The van der Waals surface area contributed by atoms with Crippen LogP contribution in [0.3, 0.4) is 0 Å². The predicted octanol–water partition coefficient (Wildman–Crippen LogP) is 3.60. The molecule has 5 unspecified atom stereocenters. The van der Waals surface area contributed by atoms with Crippen molar-refractivity contribution in [3.8, 4) is 11.6 Å². The highest BCUT2D eigenvalue weighted by Gasteiger charge is 2.76. The first-order valence-corrected chi connectivity index (χ1v) is 17.5. The Balaban J connectivity index is 1.37. The molecular formula is C39H42N6O9. The number of likely N-dealkylation sites (N-methyl/N-ethyl adjacent to an activating group) is 1. The lowest BCUT2D eigenvalue weighted by molar-refractivity contribution is -0.211. The molecule has 0 saturated heterocycles. The van der Waals surface area contributed by atoms with E-state index in [4.69, 9.17) is 23.7 Å². The summed E-state index contributed by atoms with van der Waals surface area (Å²) < 4.78 is 24.0. The summed E-state index contributed by atoms with van der Waals surface area (Å²) in [6, 6.07) is 16.7. The molecular weight excluding hydrogens is 696 g/mol. The molecule has 7 rings (SSSR count). The summed E-state index contributed by atoms with van der Waals surface area (Å²) >= 11 is 0. The number of methoxy groups -OCH3 is 1. The van der Waals surface area contributed by atoms with E-state index in [1.807, 2.05) is 60.7 Å². The molecule has 3 N–H and O–H groups in total. The van der Waals surface area contributed by atoms with E-state index >= 15 is 9.59 Å². The van der Waals surface area contributed by atoms with Crippen molar-refractivity contribution in [1.29, 1.82) is 0 Å². The monoisotopic (exact) mass is 738 g/mol. The average Bonchev–Trinajstić information content (AvgIpc) is 3.56. The second-order valence-corrected chi connectivity index (χ2v) is 14.2. The van der Waals surface area contributed by atoms with Crippen molar-refractivity contribution in [3.05, 3.63) is 94.2 Å². The first-order valence-electron chi connectivity index (χ1n) is 17.5. The number of amides is 2. The maximum absolute atomic E-state index is 15.2. The Morgan fingerprint density at radius 2 is 1.59 bits per heavy atom. The van der Waals surface area contributed by atoms with Crippen molar-refractivity contribution >= 4 is 35.0 Å². The van der Waals surface area contributed by atoms with Crippen LogP contribution in [-0.2, 0) is 29.2 Å². The van der Waals surface area contributed by atoms with Gasteiger partial charge < -0.3 is 34.1 Å². The van der Waals surface area contributed by atoms with E-state index in [0.29, 0.717) is 11.4 Å². The van der Waals surface area contributed by atoms with Crippen LogP contribution >= 0.6 is 0 Å². The smallest absolute Gasteiger partial charge is 0.320 e. The maximum Gasteiger partial charge on any atom is 0.320 e. The minimum atomic E-state index is -2.55. The molecule has 2 aromatic heterocycles. The van der Waals surface area contributed by atoms with Gasteiger partial charge in [0, 0.05) is 33.8 Å². The van der Waals surface area contributed by atoms with E-state index in [0.717, 1.165) is 11.1 Å². The van der Waals surface area contributed by atoms with E-state index in [1.165, 1.54) is 14.2 Å². The van der Waals surface area contributed by atoms with Crippen molar-refractivity contribution in [2.75, 3.05) is 52.6 Å². The Hall–Kier alpha value is -5.64. The molecule has 4 aromatic rings. The number of pyridine rings is 1. The Morgan fingerprint density at radius 1 is 0.963 bits per heavy atom. The van der Waals surface area contributed by atoms with Crippen molar-refractivity contribution in [2.45, 2.75) is 43.3 Å². The van der Waals surface area contributed by atoms with Crippen LogP contribution < -0.4 is 25.0 Å². The molecule has 0 spiro atoms. The zero-order chi connectivity index (χ0) is 38.5. The number of nitrogens with zero attached hydrogens (tertiary/aromatic N) is 4. The summed E-state index contributed by atoms with van der Waals surface area (Å²) in [6.45, 7) is 0.0547. The molecule has 1 saturated carbocycles. The molecule has 3 aliphatic carbocycles. The molecule has 1 fully saturated rings. The molecule has 54 heavy (non-hydrogen) atoms. The normalized spacial score (nSPS) is 24.2. The van der Waals surface area contributed by atoms with E-state index in [1.54, 1.807) is 38.0 Å². The zero-order valence-corrected chi connectivity index (χ0v) is 30.8. The predicted molar refractivity (Wildman–Crippen MR) is 195 cm³/mol. The third-order valence-corrected chi connectivity index (χ3v) is 10.6. The number of aliphatic hydroxyl groups is 1. The number of hydrogen-bond donors (Lipinski definition) is 3. The van der Waals surface area contributed by atoms with Crippen molar-refractivity contribution in [1.82, 2.24) is 20.4 Å². The van der Waals surface area contributed by atoms with Gasteiger partial charge in [-0.25, -0.2) is 9.78 Å². The topological polar surface area (TPSA) is 186 Å². The Labute approximate surface area is 311 Å². The number of aromatic nitrogens is 2. The van der Waals surface area contributed by atoms with Crippen LogP contribution in [0, 0.1) is 11.8 Å². The molecule has 3 aliphatic rings. The fraction of sp³-hybridized carbons (Fsp3) is 0.385. The van der Waals surface area contributed by atoms with Crippen molar-refractivity contribution in [2.24, 2.45) is 11.8 Å². The number of urea groups is 1. The number of rotatable bonds is 10. The maximum atomic E-state index is 15.2. The Morgan fingerprint density at radius 3 is 2.17 bits per heavy atom. The standard InChI is InChI=1S/C39H42N6O9/c1-40-37(49)42-34-30(52-19-21-13-9-7-10-14-21)26-24(35(41-34)45(4)5)17-23-18-38(50)31(44(2)3)29-27(33(48)39(38,51-6)32(47)25(23)28(26)46)36(43-54-29)53-20-22-15-11-8-12-16-22/h7-16,23,25,31,50H,17-20H2,1-6H3,(H2,40,41,42,49). The quantitative estimate of drug-likeness (QED) is 0.201. The van der Waals surface area contributed by atoms with Gasteiger partial charge >= 0.3 is 6.03 Å². The van der Waals surface area contributed by atoms with Crippen LogP contribution in [0.25, 0.3) is 0 Å². The third kappa shape index (κ3) is 5.61. The second-order valence-electron chi connectivity index (χ2n) is 14.2. The summed E-state index contributed by atoms with van der Waals surface area (Å²) in [4.78, 5) is 65.9. The molecule has 0 aliphatic heterocycles. The van der Waals surface area contributed by atoms with E-state index in [2.05, 4.69) is 15.8 Å². The van der Waals surface area contributed by atoms with Gasteiger partial charge in [-0.15, -0.1) is 0 Å². The molecule has 0 bridgehead atoms. The summed E-state index contributed by atoms with van der Waals surface area (Å²) in [5.41, 5.74) is -2.80. The van der Waals surface area contributed by atoms with Gasteiger partial charge in [0.1, 0.15) is 36.2 Å². The van der Waals surface area contributed by atoms with Gasteiger partial charge in [-0.2, -0.15) is 0 Å². The van der Waals surface area contributed by atoms with Gasteiger partial charge in [0.25, 0.3) is 5.88 Å². The molecule has 2 heterocycles. The number of ether oxygens (including phenoxy) is 3. The Kier molecular flexibility index (Phi) is 9.50. The highest BCUT2D eigenvalue weighted by molar-refractivity contribution is 6.28. The second kappa shape index (κ2) is 14.0. The van der Waals surface area contributed by atoms with Gasteiger partial charge in [0.05, 0.1) is 11.5 Å². The third-order valence-electron chi connectivity index (χ3n) is 10.6. The summed E-state index contributed by atoms with van der Waals surface area (Å²) in [6.07, 6.45) is -0.103. The number of fused-ring (bicyclic) bond motifs is 4. The molecule has 0 radical (unpaired) electrons. The number of benzene rings is 2. The summed E-state index contributed by atoms with van der Waals surface area (Å²) in [5.74, 6) is -4.54. The largest absolute Gasteiger partial charge is 0.484 e. The first kappa shape index (κ1) is 36.7. The molecule has 2 amide bonds. The molecule has 5 atom stereocenters. The number of carbonyl (C=O) groups excluding carboxylic acids is 4. The SMILES string of the molecule is CNC(=O)Nc1nc(N(C)C)c2c(c1OCc1ccccc1)C(=O)C1C(=O)C3(OC)C(=O)c4c(OCc5ccccc5)noc4C(N(C)C)C3(O)CC1C2. The lowest BCUT2D eigenvalue weighted by Gasteiger charge is -2.57. The average molecular weight is 739 g/mol.